The van der Waals surface area contributed by atoms with E-state index in [1.807, 2.05) is 0 Å². The first-order chi connectivity index (χ1) is 10.4. The zero-order chi connectivity index (χ0) is 15.7. The first kappa shape index (κ1) is 14.3. The fourth-order valence-corrected chi connectivity index (χ4v) is 2.52. The van der Waals surface area contributed by atoms with E-state index in [-0.39, 0.29) is 0 Å². The third-order valence-electron chi connectivity index (χ3n) is 2.89. The number of anilines is 1. The topological polar surface area (TPSA) is 103 Å². The highest BCUT2D eigenvalue weighted by Gasteiger charge is 2.14. The van der Waals surface area contributed by atoms with E-state index in [1.165, 1.54) is 0 Å². The zero-order valence-electron chi connectivity index (χ0n) is 11.9. The number of nitrogens with one attached hydrogen (secondary N) is 1. The van der Waals surface area contributed by atoms with Crippen molar-refractivity contribution in [2.75, 3.05) is 11.0 Å². The highest BCUT2D eigenvalue weighted by molar-refractivity contribution is 7.92. The van der Waals surface area contributed by atoms with Crippen molar-refractivity contribution < 1.29 is 12.9 Å². The molecule has 0 aliphatic rings. The molecule has 8 nitrogen and oxygen atoms in total. The molecule has 2 aromatic heterocycles. The van der Waals surface area contributed by atoms with Crippen LogP contribution in [0.3, 0.4) is 0 Å². The number of nitrogens with zero attached hydrogens (tertiary/aromatic N) is 4. The van der Waals surface area contributed by atoms with Gasteiger partial charge in [-0.3, -0.25) is 9.40 Å². The van der Waals surface area contributed by atoms with E-state index in [0.29, 0.717) is 28.7 Å². The highest BCUT2D eigenvalue weighted by atomic mass is 32.2. The number of aromatic nitrogens is 4. The molecule has 0 aliphatic carbocycles. The third-order valence-corrected chi connectivity index (χ3v) is 3.50. The maximum absolute atomic E-state index is 11.3. The minimum absolute atomic E-state index is 0.344. The summed E-state index contributed by atoms with van der Waals surface area (Å²) in [5.41, 5.74) is 1.78. The first-order valence-corrected chi connectivity index (χ1v) is 8.22. The Morgan fingerprint density at radius 1 is 1.27 bits per heavy atom. The van der Waals surface area contributed by atoms with Gasteiger partial charge in [0.05, 0.1) is 6.26 Å². The van der Waals surface area contributed by atoms with Crippen LogP contribution < -0.4 is 4.72 Å². The Hall–Kier alpha value is -2.68. The second-order valence-corrected chi connectivity index (χ2v) is 6.47. The average molecular weight is 319 g/mol. The number of hydrogen-bond acceptors (Lipinski definition) is 6. The van der Waals surface area contributed by atoms with Gasteiger partial charge in [0.25, 0.3) is 5.89 Å². The molecular weight excluding hydrogens is 306 g/mol. The van der Waals surface area contributed by atoms with Gasteiger partial charge in [-0.1, -0.05) is 17.3 Å². The molecule has 9 heteroatoms. The highest BCUT2D eigenvalue weighted by Crippen LogP contribution is 2.23. The summed E-state index contributed by atoms with van der Waals surface area (Å²) < 4.78 is 31.8. The van der Waals surface area contributed by atoms with E-state index in [4.69, 9.17) is 4.52 Å². The fraction of sp³-hybridized carbons (Fsp3) is 0.154. The summed E-state index contributed by atoms with van der Waals surface area (Å²) in [7, 11) is -1.56. The van der Waals surface area contributed by atoms with Crippen LogP contribution in [0.15, 0.2) is 41.1 Å². The lowest BCUT2D eigenvalue weighted by atomic mass is 10.2. The van der Waals surface area contributed by atoms with E-state index < -0.39 is 10.0 Å². The summed E-state index contributed by atoms with van der Waals surface area (Å²) >= 11 is 0. The largest absolute Gasteiger partial charge is 0.332 e. The van der Waals surface area contributed by atoms with Gasteiger partial charge in [-0.2, -0.15) is 10.1 Å². The summed E-state index contributed by atoms with van der Waals surface area (Å²) in [6, 6.07) is 8.53. The van der Waals surface area contributed by atoms with Crippen LogP contribution in [0.4, 0.5) is 5.69 Å². The smallest absolute Gasteiger partial charge is 0.276 e. The second-order valence-electron chi connectivity index (χ2n) is 4.72. The Morgan fingerprint density at radius 2 is 2.09 bits per heavy atom. The summed E-state index contributed by atoms with van der Waals surface area (Å²) in [5, 5.41) is 7.96. The van der Waals surface area contributed by atoms with Gasteiger partial charge in [-0.15, -0.1) is 0 Å². The van der Waals surface area contributed by atoms with Gasteiger partial charge in [0.2, 0.25) is 15.8 Å². The monoisotopic (exact) mass is 319 g/mol. The van der Waals surface area contributed by atoms with Crippen LogP contribution in [0.25, 0.3) is 23.0 Å². The Kier molecular flexibility index (Phi) is 3.41. The Balaban J connectivity index is 1.94. The molecule has 0 bridgehead atoms. The number of benzene rings is 1. The maximum Gasteiger partial charge on any atom is 0.276 e. The fourth-order valence-electron chi connectivity index (χ4n) is 1.96. The molecule has 0 radical (unpaired) electrons. The van der Waals surface area contributed by atoms with Gasteiger partial charge in [0, 0.05) is 24.5 Å². The lowest BCUT2D eigenvalue weighted by Gasteiger charge is -2.04. The van der Waals surface area contributed by atoms with Crippen molar-refractivity contribution in [1.29, 1.82) is 0 Å². The molecule has 0 saturated carbocycles. The first-order valence-electron chi connectivity index (χ1n) is 6.33. The standard InChI is InChI=1S/C13H13N5O3S/c1-18-11(6-7-14-18)13-15-12(16-21-13)9-4-3-5-10(8-9)17-22(2,19)20/h3-8,17H,1-2H3. The Labute approximate surface area is 126 Å². The van der Waals surface area contributed by atoms with E-state index in [0.717, 1.165) is 6.26 Å². The van der Waals surface area contributed by atoms with Crippen LogP contribution in [0.2, 0.25) is 0 Å². The number of sulfonamides is 1. The molecule has 0 saturated heterocycles. The molecule has 1 aromatic carbocycles. The van der Waals surface area contributed by atoms with E-state index in [9.17, 15) is 8.42 Å². The Bertz CT molecular complexity index is 913. The SMILES string of the molecule is Cn1nccc1-c1nc(-c2cccc(NS(C)(=O)=O)c2)no1. The van der Waals surface area contributed by atoms with Crippen molar-refractivity contribution in [3.05, 3.63) is 36.5 Å². The quantitative estimate of drug-likeness (QED) is 0.782. The molecular formula is C13H13N5O3S. The van der Waals surface area contributed by atoms with Crippen LogP contribution in [0, 0.1) is 0 Å². The third kappa shape index (κ3) is 2.98. The van der Waals surface area contributed by atoms with Crippen molar-refractivity contribution in [3.63, 3.8) is 0 Å². The predicted octanol–water partition coefficient (Wildman–Crippen LogP) is 1.51. The summed E-state index contributed by atoms with van der Waals surface area (Å²) in [4.78, 5) is 4.31. The Morgan fingerprint density at radius 3 is 2.77 bits per heavy atom. The molecule has 0 aliphatic heterocycles. The van der Waals surface area contributed by atoms with Crippen LogP contribution >= 0.6 is 0 Å². The van der Waals surface area contributed by atoms with Gasteiger partial charge in [0.15, 0.2) is 0 Å². The van der Waals surface area contributed by atoms with Crippen molar-refractivity contribution in [2.24, 2.45) is 7.05 Å². The van der Waals surface area contributed by atoms with Crippen molar-refractivity contribution in [3.8, 4) is 23.0 Å². The van der Waals surface area contributed by atoms with Crippen molar-refractivity contribution in [1.82, 2.24) is 19.9 Å². The van der Waals surface area contributed by atoms with E-state index in [2.05, 4.69) is 20.0 Å². The molecule has 0 fully saturated rings. The minimum Gasteiger partial charge on any atom is -0.332 e. The molecule has 2 heterocycles. The molecule has 1 N–H and O–H groups in total. The summed E-state index contributed by atoms with van der Waals surface area (Å²) in [6.07, 6.45) is 2.73. The predicted molar refractivity (Wildman–Crippen MR) is 80.4 cm³/mol. The number of rotatable bonds is 4. The van der Waals surface area contributed by atoms with Crippen LogP contribution in [-0.4, -0.2) is 34.6 Å². The molecule has 0 amide bonds. The van der Waals surface area contributed by atoms with Crippen molar-refractivity contribution >= 4 is 15.7 Å². The van der Waals surface area contributed by atoms with Gasteiger partial charge in [-0.25, -0.2) is 8.42 Å². The molecule has 0 atom stereocenters. The maximum atomic E-state index is 11.3. The number of hydrogen-bond donors (Lipinski definition) is 1. The minimum atomic E-state index is -3.34. The van der Waals surface area contributed by atoms with Crippen LogP contribution in [-0.2, 0) is 17.1 Å². The lowest BCUT2D eigenvalue weighted by Crippen LogP contribution is -2.09. The molecule has 0 unspecified atom stereocenters. The van der Waals surface area contributed by atoms with Gasteiger partial charge < -0.3 is 4.52 Å². The molecule has 22 heavy (non-hydrogen) atoms. The summed E-state index contributed by atoms with van der Waals surface area (Å²) in [5.74, 6) is 0.713. The van der Waals surface area contributed by atoms with E-state index >= 15 is 0 Å². The van der Waals surface area contributed by atoms with Gasteiger partial charge in [0.1, 0.15) is 5.69 Å². The van der Waals surface area contributed by atoms with Crippen LogP contribution in [0.1, 0.15) is 0 Å². The molecule has 3 rings (SSSR count). The normalized spacial score (nSPS) is 11.5. The van der Waals surface area contributed by atoms with Crippen molar-refractivity contribution in [2.45, 2.75) is 0 Å². The lowest BCUT2D eigenvalue weighted by molar-refractivity contribution is 0.428. The van der Waals surface area contributed by atoms with Crippen LogP contribution in [0.5, 0.6) is 0 Å². The molecule has 114 valence electrons. The van der Waals surface area contributed by atoms with Gasteiger partial charge in [-0.05, 0) is 18.2 Å². The zero-order valence-corrected chi connectivity index (χ0v) is 12.7. The van der Waals surface area contributed by atoms with E-state index in [1.54, 1.807) is 48.3 Å². The second kappa shape index (κ2) is 5.26. The number of aryl methyl sites for hydroxylation is 1. The molecule has 0 spiro atoms. The molecule has 3 aromatic rings. The average Bonchev–Trinajstić information content (AvgIpc) is 3.05. The summed E-state index contributed by atoms with van der Waals surface area (Å²) in [6.45, 7) is 0. The van der Waals surface area contributed by atoms with Gasteiger partial charge >= 0.3 is 0 Å².